The molecule has 5 heteroatoms. The highest BCUT2D eigenvalue weighted by atomic mass is 16.7. The number of hydrogen-bond donors (Lipinski definition) is 1. The molecule has 2 aliphatic rings. The molecular weight excluding hydrogens is 280 g/mol. The highest BCUT2D eigenvalue weighted by molar-refractivity contribution is 5.91. The highest BCUT2D eigenvalue weighted by Crippen LogP contribution is 2.34. The highest BCUT2D eigenvalue weighted by Gasteiger charge is 2.22. The number of amides is 1. The van der Waals surface area contributed by atoms with E-state index in [0.717, 1.165) is 42.9 Å². The summed E-state index contributed by atoms with van der Waals surface area (Å²) in [5.41, 5.74) is 0.759. The van der Waals surface area contributed by atoms with Crippen LogP contribution in [0.3, 0.4) is 0 Å². The molecule has 120 valence electrons. The summed E-state index contributed by atoms with van der Waals surface area (Å²) in [4.78, 5) is 14.5. The van der Waals surface area contributed by atoms with Gasteiger partial charge in [-0.05, 0) is 30.4 Å². The molecule has 0 radical (unpaired) electrons. The van der Waals surface area contributed by atoms with Gasteiger partial charge in [-0.1, -0.05) is 13.8 Å². The zero-order chi connectivity index (χ0) is 15.5. The van der Waals surface area contributed by atoms with Crippen LogP contribution >= 0.6 is 0 Å². The minimum Gasteiger partial charge on any atom is -0.454 e. The summed E-state index contributed by atoms with van der Waals surface area (Å²) >= 11 is 0. The van der Waals surface area contributed by atoms with Crippen LogP contribution in [0.25, 0.3) is 0 Å². The smallest absolute Gasteiger partial charge is 0.231 e. The second kappa shape index (κ2) is 6.57. The minimum atomic E-state index is 0.0461. The molecule has 0 aromatic heterocycles. The van der Waals surface area contributed by atoms with Crippen molar-refractivity contribution in [3.05, 3.63) is 18.2 Å². The maximum absolute atomic E-state index is 12.1. The lowest BCUT2D eigenvalue weighted by Gasteiger charge is -2.34. The number of piperidine rings is 1. The summed E-state index contributed by atoms with van der Waals surface area (Å²) < 4.78 is 10.6. The zero-order valence-corrected chi connectivity index (χ0v) is 13.3. The van der Waals surface area contributed by atoms with Gasteiger partial charge >= 0.3 is 0 Å². The Morgan fingerprint density at radius 1 is 1.23 bits per heavy atom. The zero-order valence-electron chi connectivity index (χ0n) is 13.3. The number of nitrogens with zero attached hydrogens (tertiary/aromatic N) is 1. The first-order valence-corrected chi connectivity index (χ1v) is 8.02. The molecule has 0 aliphatic carbocycles. The van der Waals surface area contributed by atoms with Crippen molar-refractivity contribution in [3.8, 4) is 11.5 Å². The van der Waals surface area contributed by atoms with Gasteiger partial charge in [-0.2, -0.15) is 0 Å². The predicted octanol–water partition coefficient (Wildman–Crippen LogP) is 2.72. The Kier molecular flexibility index (Phi) is 4.52. The predicted molar refractivity (Wildman–Crippen MR) is 85.2 cm³/mol. The van der Waals surface area contributed by atoms with E-state index >= 15 is 0 Å². The Balaban J connectivity index is 1.48. The average Bonchev–Trinajstić information content (AvgIpc) is 2.92. The fourth-order valence-electron chi connectivity index (χ4n) is 3.43. The van der Waals surface area contributed by atoms with Gasteiger partial charge in [0.25, 0.3) is 0 Å². The Bertz CT molecular complexity index is 537. The fraction of sp³-hybridized carbons (Fsp3) is 0.588. The van der Waals surface area contributed by atoms with E-state index in [2.05, 4.69) is 24.1 Å². The number of likely N-dealkylation sites (tertiary alicyclic amines) is 1. The van der Waals surface area contributed by atoms with Crippen molar-refractivity contribution in [2.45, 2.75) is 26.7 Å². The number of carbonyl (C=O) groups excluding carboxylic acids is 1. The van der Waals surface area contributed by atoms with Gasteiger partial charge in [0.2, 0.25) is 12.7 Å². The van der Waals surface area contributed by atoms with E-state index in [-0.39, 0.29) is 12.7 Å². The number of benzene rings is 1. The molecular formula is C17H24N2O3. The first kappa shape index (κ1) is 15.2. The first-order chi connectivity index (χ1) is 10.6. The van der Waals surface area contributed by atoms with Gasteiger partial charge in [-0.15, -0.1) is 0 Å². The number of hydrogen-bond acceptors (Lipinski definition) is 4. The van der Waals surface area contributed by atoms with Gasteiger partial charge in [0.1, 0.15) is 0 Å². The Morgan fingerprint density at radius 3 is 2.73 bits per heavy atom. The quantitative estimate of drug-likeness (QED) is 0.929. The van der Waals surface area contributed by atoms with Crippen LogP contribution in [0.2, 0.25) is 0 Å². The van der Waals surface area contributed by atoms with Crippen molar-refractivity contribution in [1.82, 2.24) is 4.90 Å². The van der Waals surface area contributed by atoms with E-state index < -0.39 is 0 Å². The van der Waals surface area contributed by atoms with E-state index in [9.17, 15) is 4.79 Å². The van der Waals surface area contributed by atoms with Gasteiger partial charge in [-0.25, -0.2) is 0 Å². The van der Waals surface area contributed by atoms with Crippen LogP contribution in [0, 0.1) is 11.8 Å². The van der Waals surface area contributed by atoms with E-state index in [1.165, 1.54) is 6.42 Å². The van der Waals surface area contributed by atoms with Gasteiger partial charge in [-0.3, -0.25) is 4.79 Å². The van der Waals surface area contributed by atoms with Crippen molar-refractivity contribution >= 4 is 11.6 Å². The van der Waals surface area contributed by atoms with Gasteiger partial charge in [0.05, 0.1) is 0 Å². The summed E-state index contributed by atoms with van der Waals surface area (Å²) in [5.74, 6) is 2.91. The van der Waals surface area contributed by atoms with Crippen LogP contribution in [0.15, 0.2) is 18.2 Å². The normalized spacial score (nSPS) is 24.3. The molecule has 2 heterocycles. The third-order valence-corrected chi connectivity index (χ3v) is 4.26. The summed E-state index contributed by atoms with van der Waals surface area (Å²) in [6.07, 6.45) is 1.81. The van der Waals surface area contributed by atoms with Crippen molar-refractivity contribution in [1.29, 1.82) is 0 Å². The molecule has 1 amide bonds. The van der Waals surface area contributed by atoms with Crippen LogP contribution < -0.4 is 14.8 Å². The molecule has 3 rings (SSSR count). The average molecular weight is 304 g/mol. The number of fused-ring (bicyclic) bond motifs is 1. The maximum atomic E-state index is 12.1. The maximum Gasteiger partial charge on any atom is 0.231 e. The van der Waals surface area contributed by atoms with Crippen LogP contribution in [-0.4, -0.2) is 37.2 Å². The van der Waals surface area contributed by atoms with Gasteiger partial charge < -0.3 is 19.7 Å². The summed E-state index contributed by atoms with van der Waals surface area (Å²) in [6.45, 7) is 7.84. The first-order valence-electron chi connectivity index (χ1n) is 8.02. The van der Waals surface area contributed by atoms with Gasteiger partial charge in [0.15, 0.2) is 11.5 Å². The Hall–Kier alpha value is -1.75. The molecule has 1 N–H and O–H groups in total. The molecule has 1 aromatic rings. The number of ether oxygens (including phenoxy) is 2. The van der Waals surface area contributed by atoms with E-state index in [0.29, 0.717) is 12.2 Å². The molecule has 22 heavy (non-hydrogen) atoms. The number of rotatable bonds is 4. The van der Waals surface area contributed by atoms with Crippen molar-refractivity contribution in [2.24, 2.45) is 11.8 Å². The summed E-state index contributed by atoms with van der Waals surface area (Å²) in [6, 6.07) is 5.48. The van der Waals surface area contributed by atoms with Gasteiger partial charge in [0, 0.05) is 37.8 Å². The van der Waals surface area contributed by atoms with E-state index in [1.807, 2.05) is 18.2 Å². The van der Waals surface area contributed by atoms with Crippen molar-refractivity contribution in [3.63, 3.8) is 0 Å². The third-order valence-electron chi connectivity index (χ3n) is 4.26. The molecule has 0 saturated carbocycles. The lowest BCUT2D eigenvalue weighted by atomic mass is 9.92. The van der Waals surface area contributed by atoms with Crippen molar-refractivity contribution < 1.29 is 14.3 Å². The monoisotopic (exact) mass is 304 g/mol. The SMILES string of the molecule is CC1CC(C)CN(CCC(=O)Nc2ccc3c(c2)OCO3)C1. The van der Waals surface area contributed by atoms with E-state index in [1.54, 1.807) is 0 Å². The number of nitrogens with one attached hydrogen (secondary N) is 1. The van der Waals surface area contributed by atoms with Crippen LogP contribution in [0.4, 0.5) is 5.69 Å². The second-order valence-electron chi connectivity index (χ2n) is 6.57. The topological polar surface area (TPSA) is 50.8 Å². The molecule has 2 unspecified atom stereocenters. The van der Waals surface area contributed by atoms with Crippen LogP contribution in [0.5, 0.6) is 11.5 Å². The standard InChI is InChI=1S/C17H24N2O3/c1-12-7-13(2)10-19(9-12)6-5-17(20)18-14-3-4-15-16(8-14)22-11-21-15/h3-4,8,12-13H,5-7,9-11H2,1-2H3,(H,18,20). The summed E-state index contributed by atoms with van der Waals surface area (Å²) in [5, 5.41) is 2.93. The van der Waals surface area contributed by atoms with Crippen LogP contribution in [-0.2, 0) is 4.79 Å². The molecule has 2 atom stereocenters. The molecule has 5 nitrogen and oxygen atoms in total. The van der Waals surface area contributed by atoms with E-state index in [4.69, 9.17) is 9.47 Å². The lowest BCUT2D eigenvalue weighted by Crippen LogP contribution is -2.40. The second-order valence-corrected chi connectivity index (χ2v) is 6.57. The molecule has 1 fully saturated rings. The Morgan fingerprint density at radius 2 is 1.95 bits per heavy atom. The molecule has 1 saturated heterocycles. The third kappa shape index (κ3) is 3.71. The number of carbonyl (C=O) groups is 1. The fourth-order valence-corrected chi connectivity index (χ4v) is 3.43. The molecule has 0 bridgehead atoms. The lowest BCUT2D eigenvalue weighted by molar-refractivity contribution is -0.116. The minimum absolute atomic E-state index is 0.0461. The Labute approximate surface area is 131 Å². The largest absolute Gasteiger partial charge is 0.454 e. The summed E-state index contributed by atoms with van der Waals surface area (Å²) in [7, 11) is 0. The van der Waals surface area contributed by atoms with Crippen LogP contribution in [0.1, 0.15) is 26.7 Å². The van der Waals surface area contributed by atoms with Crippen molar-refractivity contribution in [2.75, 3.05) is 31.7 Å². The molecule has 2 aliphatic heterocycles. The number of anilines is 1. The molecule has 1 aromatic carbocycles. The molecule has 0 spiro atoms.